The number of anilines is 1. The summed E-state index contributed by atoms with van der Waals surface area (Å²) < 4.78 is 5.44. The first-order chi connectivity index (χ1) is 18.5. The first-order valence-electron chi connectivity index (χ1n) is 12.2. The van der Waals surface area contributed by atoms with Gasteiger partial charge in [-0.05, 0) is 31.0 Å². The number of hydrogen-bond acceptors (Lipinski definition) is 5. The highest BCUT2D eigenvalue weighted by Gasteiger charge is 2.37. The SMILES string of the molecule is C[C@@H](NC(=O)c1c(N)nn2cccnc12)C1=[N+](c2ccccc2)c2c(C#Cc3ccn(C)n3)cccc2C1. The molecule has 0 radical (unpaired) electrons. The molecular formula is C29H25N8O+. The molecule has 1 aliphatic heterocycles. The number of hydrogen-bond donors (Lipinski definition) is 2. The maximum atomic E-state index is 13.4. The van der Waals surface area contributed by atoms with E-state index in [-0.39, 0.29) is 23.3 Å². The average molecular weight is 502 g/mol. The maximum Gasteiger partial charge on any atom is 0.259 e. The van der Waals surface area contributed by atoms with Gasteiger partial charge in [0.2, 0.25) is 11.4 Å². The fourth-order valence-electron chi connectivity index (χ4n) is 4.82. The lowest BCUT2D eigenvalue weighted by atomic mass is 10.0. The monoisotopic (exact) mass is 501 g/mol. The summed E-state index contributed by atoms with van der Waals surface area (Å²) in [5.41, 5.74) is 12.5. The highest BCUT2D eigenvalue weighted by atomic mass is 16.1. The molecule has 9 nitrogen and oxygen atoms in total. The second-order valence-corrected chi connectivity index (χ2v) is 9.12. The third-order valence-electron chi connectivity index (χ3n) is 6.55. The van der Waals surface area contributed by atoms with Crippen LogP contribution in [0.2, 0.25) is 0 Å². The summed E-state index contributed by atoms with van der Waals surface area (Å²) in [7, 11) is 1.87. The fourth-order valence-corrected chi connectivity index (χ4v) is 4.82. The largest absolute Gasteiger partial charge is 0.381 e. The number of carbonyl (C=O) groups is 1. The van der Waals surface area contributed by atoms with Crippen LogP contribution in [-0.4, -0.2) is 42.0 Å². The molecule has 186 valence electrons. The Labute approximate surface area is 219 Å². The van der Waals surface area contributed by atoms with Gasteiger partial charge in [-0.2, -0.15) is 9.67 Å². The summed E-state index contributed by atoms with van der Waals surface area (Å²) in [4.78, 5) is 17.7. The number of benzene rings is 2. The van der Waals surface area contributed by atoms with Crippen LogP contribution < -0.4 is 15.6 Å². The first-order valence-corrected chi connectivity index (χ1v) is 12.2. The van der Waals surface area contributed by atoms with E-state index >= 15 is 0 Å². The van der Waals surface area contributed by atoms with Crippen LogP contribution in [0.1, 0.15) is 34.1 Å². The molecule has 0 saturated carbocycles. The van der Waals surface area contributed by atoms with Crippen LogP contribution in [-0.2, 0) is 13.5 Å². The molecule has 0 saturated heterocycles. The van der Waals surface area contributed by atoms with Crippen LogP contribution in [0.15, 0.2) is 79.3 Å². The summed E-state index contributed by atoms with van der Waals surface area (Å²) >= 11 is 0. The topological polar surface area (TPSA) is 106 Å². The van der Waals surface area contributed by atoms with E-state index in [9.17, 15) is 4.79 Å². The van der Waals surface area contributed by atoms with Gasteiger partial charge in [0, 0.05) is 43.3 Å². The van der Waals surface area contributed by atoms with E-state index in [0.717, 1.165) is 28.2 Å². The summed E-state index contributed by atoms with van der Waals surface area (Å²) in [5.74, 6) is 6.32. The molecule has 6 rings (SSSR count). The lowest BCUT2D eigenvalue weighted by molar-refractivity contribution is 0.0951. The van der Waals surface area contributed by atoms with Crippen molar-refractivity contribution in [3.05, 3.63) is 102 Å². The second kappa shape index (κ2) is 9.33. The Hall–Kier alpha value is -5.23. The number of nitrogens with zero attached hydrogens (tertiary/aromatic N) is 6. The van der Waals surface area contributed by atoms with E-state index in [1.54, 1.807) is 23.1 Å². The molecule has 4 heterocycles. The van der Waals surface area contributed by atoms with Gasteiger partial charge in [-0.3, -0.25) is 9.48 Å². The molecule has 5 aromatic rings. The van der Waals surface area contributed by atoms with Crippen molar-refractivity contribution < 1.29 is 4.79 Å². The van der Waals surface area contributed by atoms with E-state index in [1.807, 2.05) is 56.6 Å². The molecule has 0 spiro atoms. The van der Waals surface area contributed by atoms with Crippen molar-refractivity contribution in [1.29, 1.82) is 0 Å². The Kier molecular flexibility index (Phi) is 5.69. The number of amides is 1. The number of nitrogens with one attached hydrogen (secondary N) is 1. The Morgan fingerprint density at radius 2 is 1.89 bits per heavy atom. The number of nitrogens with two attached hydrogens (primary N) is 1. The standard InChI is InChI=1S/C29H24N8O/c1-19(32-29(38)25-27(30)34-36-16-7-15-31-28(25)36)24-18-21-9-6-8-20(12-13-22-14-17-35(2)33-22)26(21)37(24)23-10-4-3-5-11-23/h3-11,14-17,19H,18H2,1-2H3,(H2-,30,32,34,38)/p+1/t19-/m1/s1. The predicted octanol–water partition coefficient (Wildman–Crippen LogP) is 3.10. The van der Waals surface area contributed by atoms with E-state index in [2.05, 4.69) is 55.1 Å². The molecule has 1 amide bonds. The molecule has 0 fully saturated rings. The Morgan fingerprint density at radius 3 is 2.68 bits per heavy atom. The van der Waals surface area contributed by atoms with Crippen molar-refractivity contribution in [2.45, 2.75) is 19.4 Å². The van der Waals surface area contributed by atoms with Crippen molar-refractivity contribution in [3.63, 3.8) is 0 Å². The lowest BCUT2D eigenvalue weighted by Gasteiger charge is -2.13. The van der Waals surface area contributed by atoms with E-state index in [0.29, 0.717) is 17.8 Å². The van der Waals surface area contributed by atoms with Gasteiger partial charge in [0.25, 0.3) is 5.91 Å². The lowest BCUT2D eigenvalue weighted by Crippen LogP contribution is -2.41. The van der Waals surface area contributed by atoms with Gasteiger partial charge >= 0.3 is 0 Å². The highest BCUT2D eigenvalue weighted by molar-refractivity contribution is 6.08. The molecule has 1 aliphatic rings. The minimum atomic E-state index is -0.324. The molecule has 3 N–H and O–H groups in total. The molecule has 0 bridgehead atoms. The predicted molar refractivity (Wildman–Crippen MR) is 147 cm³/mol. The Morgan fingerprint density at radius 1 is 1.05 bits per heavy atom. The molecular weight excluding hydrogens is 476 g/mol. The Balaban J connectivity index is 1.41. The number of fused-ring (bicyclic) bond motifs is 2. The first kappa shape index (κ1) is 23.2. The van der Waals surface area contributed by atoms with Gasteiger partial charge in [-0.15, -0.1) is 5.10 Å². The molecule has 3 aromatic heterocycles. The summed E-state index contributed by atoms with van der Waals surface area (Å²) in [6, 6.07) is 19.5. The molecule has 38 heavy (non-hydrogen) atoms. The molecule has 2 aromatic carbocycles. The summed E-state index contributed by atoms with van der Waals surface area (Å²) in [5, 5.41) is 11.7. The highest BCUT2D eigenvalue weighted by Crippen LogP contribution is 2.34. The van der Waals surface area contributed by atoms with Crippen LogP contribution in [0.5, 0.6) is 0 Å². The summed E-state index contributed by atoms with van der Waals surface area (Å²) in [6.07, 6.45) is 5.86. The summed E-state index contributed by atoms with van der Waals surface area (Å²) in [6.45, 7) is 1.98. The average Bonchev–Trinajstić information content (AvgIpc) is 3.62. The van der Waals surface area contributed by atoms with E-state index in [1.165, 1.54) is 4.52 Å². The van der Waals surface area contributed by atoms with Gasteiger partial charge in [0.1, 0.15) is 17.3 Å². The van der Waals surface area contributed by atoms with Crippen LogP contribution in [0, 0.1) is 11.8 Å². The van der Waals surface area contributed by atoms with Gasteiger partial charge in [-0.1, -0.05) is 36.3 Å². The van der Waals surface area contributed by atoms with Crippen LogP contribution in [0.3, 0.4) is 0 Å². The van der Waals surface area contributed by atoms with Crippen LogP contribution >= 0.6 is 0 Å². The second-order valence-electron chi connectivity index (χ2n) is 9.12. The zero-order chi connectivity index (χ0) is 26.2. The zero-order valence-corrected chi connectivity index (χ0v) is 21.0. The zero-order valence-electron chi connectivity index (χ0n) is 21.0. The van der Waals surface area contributed by atoms with Crippen LogP contribution in [0.25, 0.3) is 5.65 Å². The molecule has 0 unspecified atom stereocenters. The van der Waals surface area contributed by atoms with Gasteiger partial charge < -0.3 is 11.1 Å². The van der Waals surface area contributed by atoms with Gasteiger partial charge in [0.15, 0.2) is 17.2 Å². The van der Waals surface area contributed by atoms with E-state index < -0.39 is 0 Å². The third kappa shape index (κ3) is 4.08. The normalized spacial score (nSPS) is 13.2. The maximum absolute atomic E-state index is 13.4. The number of carbonyl (C=O) groups excluding carboxylic acids is 1. The van der Waals surface area contributed by atoms with Gasteiger partial charge in [-0.25, -0.2) is 9.50 Å². The molecule has 9 heteroatoms. The number of aromatic nitrogens is 5. The minimum absolute atomic E-state index is 0.139. The molecule has 1 atom stereocenters. The van der Waals surface area contributed by atoms with Crippen molar-refractivity contribution in [3.8, 4) is 11.8 Å². The quantitative estimate of drug-likeness (QED) is 0.291. The van der Waals surface area contributed by atoms with E-state index in [4.69, 9.17) is 5.73 Å². The number of nitrogen functional groups attached to an aromatic ring is 1. The smallest absolute Gasteiger partial charge is 0.259 e. The van der Waals surface area contributed by atoms with Crippen molar-refractivity contribution in [1.82, 2.24) is 34.3 Å². The fraction of sp³-hybridized carbons (Fsp3) is 0.138. The van der Waals surface area contributed by atoms with Crippen molar-refractivity contribution in [2.75, 3.05) is 5.73 Å². The van der Waals surface area contributed by atoms with Crippen molar-refractivity contribution >= 4 is 34.5 Å². The number of aryl methyl sites for hydroxylation is 1. The molecule has 0 aliphatic carbocycles. The Bertz CT molecular complexity index is 1790. The number of rotatable bonds is 4. The van der Waals surface area contributed by atoms with Crippen molar-refractivity contribution in [2.24, 2.45) is 7.05 Å². The number of para-hydroxylation sites is 2. The minimum Gasteiger partial charge on any atom is -0.381 e. The van der Waals surface area contributed by atoms with Gasteiger partial charge in [0.05, 0.1) is 12.0 Å². The van der Waals surface area contributed by atoms with Crippen LogP contribution in [0.4, 0.5) is 17.2 Å². The third-order valence-corrected chi connectivity index (χ3v) is 6.55.